The van der Waals surface area contributed by atoms with E-state index in [9.17, 15) is 13.2 Å². The zero-order valence-electron chi connectivity index (χ0n) is 19.2. The molecule has 0 radical (unpaired) electrons. The van der Waals surface area contributed by atoms with Crippen molar-refractivity contribution in [3.63, 3.8) is 0 Å². The van der Waals surface area contributed by atoms with Crippen LogP contribution in [0.25, 0.3) is 0 Å². The zero-order valence-corrected chi connectivity index (χ0v) is 20.0. The number of carbonyl (C=O) groups is 1. The molecule has 1 aliphatic carbocycles. The minimum Gasteiger partial charge on any atom is -0.497 e. The van der Waals surface area contributed by atoms with Crippen molar-refractivity contribution < 1.29 is 22.7 Å². The van der Waals surface area contributed by atoms with Crippen LogP contribution in [0.3, 0.4) is 0 Å². The summed E-state index contributed by atoms with van der Waals surface area (Å²) in [4.78, 5) is 12.6. The average molecular weight is 481 g/mol. The molecule has 0 saturated carbocycles. The fourth-order valence-corrected chi connectivity index (χ4v) is 5.28. The Balaban J connectivity index is 1.35. The molecule has 3 aromatic carbocycles. The molecular weight excluding hydrogens is 452 g/mol. The summed E-state index contributed by atoms with van der Waals surface area (Å²) < 4.78 is 37.7. The van der Waals surface area contributed by atoms with Crippen molar-refractivity contribution in [1.82, 2.24) is 5.32 Å². The molecule has 7 nitrogen and oxygen atoms in total. The molecule has 0 heterocycles. The number of carbonyl (C=O) groups excluding carboxylic acids is 1. The van der Waals surface area contributed by atoms with Gasteiger partial charge in [0.15, 0.2) is 6.61 Å². The van der Waals surface area contributed by atoms with E-state index in [4.69, 9.17) is 9.47 Å². The van der Waals surface area contributed by atoms with Crippen LogP contribution >= 0.6 is 0 Å². The number of aryl methyl sites for hydroxylation is 1. The lowest BCUT2D eigenvalue weighted by Crippen LogP contribution is -2.34. The molecule has 178 valence electrons. The molecule has 0 spiro atoms. The Morgan fingerprint density at radius 1 is 1.00 bits per heavy atom. The molecule has 4 rings (SSSR count). The van der Waals surface area contributed by atoms with E-state index in [-0.39, 0.29) is 23.5 Å². The normalized spacial score (nSPS) is 15.2. The summed E-state index contributed by atoms with van der Waals surface area (Å²) in [5.74, 6) is 0.878. The van der Waals surface area contributed by atoms with Gasteiger partial charge in [0.1, 0.15) is 11.5 Å². The Kier molecular flexibility index (Phi) is 7.07. The first-order valence-corrected chi connectivity index (χ1v) is 12.6. The van der Waals surface area contributed by atoms with Crippen molar-refractivity contribution in [2.75, 3.05) is 25.1 Å². The average Bonchev–Trinajstić information content (AvgIpc) is 2.87. The van der Waals surface area contributed by atoms with Crippen LogP contribution in [0, 0.1) is 0 Å². The summed E-state index contributed by atoms with van der Waals surface area (Å²) in [5, 5.41) is 3.06. The molecule has 8 heteroatoms. The number of amides is 1. The van der Waals surface area contributed by atoms with Crippen LogP contribution in [0.4, 0.5) is 5.69 Å². The molecule has 0 aliphatic heterocycles. The highest BCUT2D eigenvalue weighted by Gasteiger charge is 2.23. The number of ether oxygens (including phenoxy) is 2. The number of nitrogens with one attached hydrogen (secondary N) is 1. The molecule has 0 saturated heterocycles. The highest BCUT2D eigenvalue weighted by molar-refractivity contribution is 7.92. The number of anilines is 1. The zero-order chi connectivity index (χ0) is 24.1. The van der Waals surface area contributed by atoms with E-state index >= 15 is 0 Å². The van der Waals surface area contributed by atoms with Gasteiger partial charge in [-0.1, -0.05) is 24.3 Å². The Morgan fingerprint density at radius 3 is 2.38 bits per heavy atom. The van der Waals surface area contributed by atoms with Gasteiger partial charge in [0.25, 0.3) is 15.9 Å². The van der Waals surface area contributed by atoms with Crippen LogP contribution in [0.2, 0.25) is 0 Å². The van der Waals surface area contributed by atoms with Crippen molar-refractivity contribution in [3.8, 4) is 11.5 Å². The second-order valence-corrected chi connectivity index (χ2v) is 10.1. The fraction of sp³-hybridized carbons (Fsp3) is 0.269. The Bertz CT molecular complexity index is 1240. The quantitative estimate of drug-likeness (QED) is 0.525. The minimum atomic E-state index is -3.72. The van der Waals surface area contributed by atoms with Gasteiger partial charge in [0.2, 0.25) is 0 Å². The SMILES string of the molecule is COc1ccc(S(=O)(=O)N(C)c2ccc(OCC(=O)N[C@H]3CCCc4ccccc43)cc2)cc1. The maximum atomic E-state index is 12.9. The second kappa shape index (κ2) is 10.2. The van der Waals surface area contributed by atoms with Gasteiger partial charge in [-0.25, -0.2) is 8.42 Å². The van der Waals surface area contributed by atoms with Crippen molar-refractivity contribution in [3.05, 3.63) is 83.9 Å². The lowest BCUT2D eigenvalue weighted by Gasteiger charge is -2.26. The van der Waals surface area contributed by atoms with E-state index in [0.717, 1.165) is 19.3 Å². The summed E-state index contributed by atoms with van der Waals surface area (Å²) in [7, 11) is -0.707. The molecule has 1 amide bonds. The highest BCUT2D eigenvalue weighted by atomic mass is 32.2. The van der Waals surface area contributed by atoms with E-state index in [1.54, 1.807) is 36.4 Å². The number of fused-ring (bicyclic) bond motifs is 1. The summed E-state index contributed by atoms with van der Waals surface area (Å²) in [6.45, 7) is -0.113. The Labute approximate surface area is 200 Å². The molecule has 0 aromatic heterocycles. The van der Waals surface area contributed by atoms with E-state index in [1.807, 2.05) is 12.1 Å². The summed E-state index contributed by atoms with van der Waals surface area (Å²) >= 11 is 0. The smallest absolute Gasteiger partial charge is 0.264 e. The first-order valence-electron chi connectivity index (χ1n) is 11.1. The van der Waals surface area contributed by atoms with Crippen LogP contribution < -0.4 is 19.1 Å². The van der Waals surface area contributed by atoms with E-state index < -0.39 is 10.0 Å². The highest BCUT2D eigenvalue weighted by Crippen LogP contribution is 2.29. The van der Waals surface area contributed by atoms with Crippen LogP contribution in [0.15, 0.2) is 77.7 Å². The summed E-state index contributed by atoms with van der Waals surface area (Å²) in [5.41, 5.74) is 2.93. The Morgan fingerprint density at radius 2 is 1.68 bits per heavy atom. The number of rotatable bonds is 8. The van der Waals surface area contributed by atoms with Gasteiger partial charge in [-0.3, -0.25) is 9.10 Å². The molecule has 1 N–H and O–H groups in total. The first kappa shape index (κ1) is 23.6. The van der Waals surface area contributed by atoms with E-state index in [2.05, 4.69) is 17.4 Å². The van der Waals surface area contributed by atoms with Crippen LogP contribution in [-0.2, 0) is 21.2 Å². The third kappa shape index (κ3) is 5.17. The van der Waals surface area contributed by atoms with Crippen LogP contribution in [0.1, 0.15) is 30.0 Å². The maximum Gasteiger partial charge on any atom is 0.264 e. The number of nitrogens with zero attached hydrogens (tertiary/aromatic N) is 1. The standard InChI is InChI=1S/C26H28N2O5S/c1-28(34(30,31)23-16-14-21(32-2)15-17-23)20-10-12-22(13-11-20)33-18-26(29)27-25-9-5-7-19-6-3-4-8-24(19)25/h3-4,6,8,10-17,25H,5,7,9,18H2,1-2H3,(H,27,29)/t25-/m0/s1. The molecule has 34 heavy (non-hydrogen) atoms. The second-order valence-electron chi connectivity index (χ2n) is 8.14. The molecule has 0 bridgehead atoms. The van der Waals surface area contributed by atoms with Gasteiger partial charge in [-0.05, 0) is 78.9 Å². The number of methoxy groups -OCH3 is 1. The third-order valence-electron chi connectivity index (χ3n) is 5.99. The molecule has 1 aliphatic rings. The van der Waals surface area contributed by atoms with Gasteiger partial charge in [-0.2, -0.15) is 0 Å². The number of hydrogen-bond donors (Lipinski definition) is 1. The van der Waals surface area contributed by atoms with Gasteiger partial charge in [0, 0.05) is 7.05 Å². The van der Waals surface area contributed by atoms with Gasteiger partial charge in [0.05, 0.1) is 23.7 Å². The van der Waals surface area contributed by atoms with E-state index in [0.29, 0.717) is 17.2 Å². The molecule has 0 unspecified atom stereocenters. The molecular formula is C26H28N2O5S. The minimum absolute atomic E-state index is 0.000219. The number of sulfonamides is 1. The van der Waals surface area contributed by atoms with Crippen LogP contribution in [0.5, 0.6) is 11.5 Å². The van der Waals surface area contributed by atoms with Crippen molar-refractivity contribution >= 4 is 21.6 Å². The molecule has 1 atom stereocenters. The molecule has 0 fully saturated rings. The fourth-order valence-electron chi connectivity index (χ4n) is 4.09. The topological polar surface area (TPSA) is 84.9 Å². The summed E-state index contributed by atoms with van der Waals surface area (Å²) in [6.07, 6.45) is 2.98. The Hall–Kier alpha value is -3.52. The lowest BCUT2D eigenvalue weighted by molar-refractivity contribution is -0.123. The number of benzene rings is 3. The van der Waals surface area contributed by atoms with Crippen molar-refractivity contribution in [2.24, 2.45) is 0 Å². The number of hydrogen-bond acceptors (Lipinski definition) is 5. The monoisotopic (exact) mass is 480 g/mol. The predicted molar refractivity (Wildman–Crippen MR) is 131 cm³/mol. The van der Waals surface area contributed by atoms with Gasteiger partial charge < -0.3 is 14.8 Å². The van der Waals surface area contributed by atoms with Gasteiger partial charge in [-0.15, -0.1) is 0 Å². The largest absolute Gasteiger partial charge is 0.497 e. The van der Waals surface area contributed by atoms with Crippen LogP contribution in [-0.4, -0.2) is 35.1 Å². The van der Waals surface area contributed by atoms with Crippen molar-refractivity contribution in [2.45, 2.75) is 30.2 Å². The lowest BCUT2D eigenvalue weighted by atomic mass is 9.88. The maximum absolute atomic E-state index is 12.9. The predicted octanol–water partition coefficient (Wildman–Crippen LogP) is 4.09. The van der Waals surface area contributed by atoms with Gasteiger partial charge >= 0.3 is 0 Å². The van der Waals surface area contributed by atoms with E-state index in [1.165, 1.54) is 41.7 Å². The third-order valence-corrected chi connectivity index (χ3v) is 7.79. The molecule has 3 aromatic rings. The first-order chi connectivity index (χ1) is 16.4. The summed E-state index contributed by atoms with van der Waals surface area (Å²) in [6, 6.07) is 21.0. The van der Waals surface area contributed by atoms with Crippen molar-refractivity contribution in [1.29, 1.82) is 0 Å².